The number of Topliss-reactive ketones (excluding diaryl/α,β-unsaturated/α-hetero) is 1. The van der Waals surface area contributed by atoms with E-state index in [2.05, 4.69) is 10.1 Å². The summed E-state index contributed by atoms with van der Waals surface area (Å²) in [5.41, 5.74) is 2.44. The summed E-state index contributed by atoms with van der Waals surface area (Å²) in [5, 5.41) is 4.25. The molecule has 0 unspecified atom stereocenters. The van der Waals surface area contributed by atoms with Gasteiger partial charge in [-0.05, 0) is 37.6 Å². The molecule has 0 saturated heterocycles. The predicted octanol–water partition coefficient (Wildman–Crippen LogP) is 3.80. The van der Waals surface area contributed by atoms with Crippen LogP contribution in [-0.2, 0) is 13.0 Å². The summed E-state index contributed by atoms with van der Waals surface area (Å²) in [6, 6.07) is 4.13. The molecule has 0 aliphatic carbocycles. The normalized spacial score (nSPS) is 11.0. The molecule has 124 valence electrons. The van der Waals surface area contributed by atoms with Crippen molar-refractivity contribution in [3.63, 3.8) is 0 Å². The van der Waals surface area contributed by atoms with E-state index in [1.165, 1.54) is 19.1 Å². The maximum absolute atomic E-state index is 13.5. The van der Waals surface area contributed by atoms with Crippen LogP contribution in [0.25, 0.3) is 11.3 Å². The number of carbonyl (C=O) groups is 1. The highest BCUT2D eigenvalue weighted by Gasteiger charge is 2.19. The number of nitrogens with zero attached hydrogens (tertiary/aromatic N) is 3. The number of rotatable bonds is 5. The fourth-order valence-electron chi connectivity index (χ4n) is 2.67. The van der Waals surface area contributed by atoms with Gasteiger partial charge in [0.25, 0.3) is 0 Å². The average molecular weight is 327 g/mol. The summed E-state index contributed by atoms with van der Waals surface area (Å²) in [7, 11) is 0. The van der Waals surface area contributed by atoms with Crippen molar-refractivity contribution in [3.05, 3.63) is 59.2 Å². The molecule has 6 heteroatoms. The topological polar surface area (TPSA) is 60.9 Å². The smallest absolute Gasteiger partial charge is 0.191 e. The molecule has 0 N–H and O–H groups in total. The first kappa shape index (κ1) is 16.1. The van der Waals surface area contributed by atoms with Crippen molar-refractivity contribution in [2.45, 2.75) is 33.7 Å². The Morgan fingerprint density at radius 2 is 2.17 bits per heavy atom. The van der Waals surface area contributed by atoms with Crippen LogP contribution in [0.4, 0.5) is 4.39 Å². The van der Waals surface area contributed by atoms with Crippen molar-refractivity contribution in [1.29, 1.82) is 0 Å². The van der Waals surface area contributed by atoms with Gasteiger partial charge < -0.3 is 4.42 Å². The van der Waals surface area contributed by atoms with Gasteiger partial charge in [-0.2, -0.15) is 5.10 Å². The fraction of sp³-hybridized carbons (Fsp3) is 0.278. The van der Waals surface area contributed by atoms with Crippen LogP contribution in [0.1, 0.15) is 41.4 Å². The molecule has 1 aromatic carbocycles. The van der Waals surface area contributed by atoms with Crippen LogP contribution in [0.15, 0.2) is 35.0 Å². The summed E-state index contributed by atoms with van der Waals surface area (Å²) >= 11 is 0. The predicted molar refractivity (Wildman–Crippen MR) is 87.3 cm³/mol. The lowest BCUT2D eigenvalue weighted by atomic mass is 9.99. The Morgan fingerprint density at radius 1 is 1.38 bits per heavy atom. The molecule has 3 rings (SSSR count). The van der Waals surface area contributed by atoms with E-state index in [4.69, 9.17) is 4.42 Å². The van der Waals surface area contributed by atoms with Gasteiger partial charge in [-0.3, -0.25) is 9.48 Å². The molecule has 3 aromatic rings. The standard InChI is InChI=1S/C18H18FN3O2/c1-4-22-10-13(9-20-22)7-17-18(21-12(3)24-17)15-6-5-14(19)8-16(15)11(2)23/h5-6,8-10H,4,7H2,1-3H3. The van der Waals surface area contributed by atoms with Crippen molar-refractivity contribution in [2.75, 3.05) is 0 Å². The molecule has 0 aliphatic heterocycles. The SMILES string of the molecule is CCn1cc(Cc2oc(C)nc2-c2ccc(F)cc2C(C)=O)cn1. The molecule has 2 aromatic heterocycles. The van der Waals surface area contributed by atoms with Gasteiger partial charge in [-0.15, -0.1) is 0 Å². The van der Waals surface area contributed by atoms with E-state index in [-0.39, 0.29) is 5.78 Å². The molecule has 0 spiro atoms. The zero-order valence-electron chi connectivity index (χ0n) is 13.8. The number of oxazole rings is 1. The van der Waals surface area contributed by atoms with E-state index in [0.29, 0.717) is 34.9 Å². The minimum atomic E-state index is -0.449. The number of hydrogen-bond donors (Lipinski definition) is 0. The van der Waals surface area contributed by atoms with Gasteiger partial charge in [-0.1, -0.05) is 0 Å². The lowest BCUT2D eigenvalue weighted by Gasteiger charge is -2.06. The lowest BCUT2D eigenvalue weighted by Crippen LogP contribution is -1.99. The Kier molecular flexibility index (Phi) is 4.29. The van der Waals surface area contributed by atoms with Crippen molar-refractivity contribution in [3.8, 4) is 11.3 Å². The van der Waals surface area contributed by atoms with E-state index in [1.54, 1.807) is 19.2 Å². The second-order valence-corrected chi connectivity index (χ2v) is 5.63. The highest BCUT2D eigenvalue weighted by molar-refractivity contribution is 6.00. The first-order valence-electron chi connectivity index (χ1n) is 7.76. The van der Waals surface area contributed by atoms with Crippen LogP contribution in [-0.4, -0.2) is 20.5 Å². The van der Waals surface area contributed by atoms with Crippen molar-refractivity contribution < 1.29 is 13.6 Å². The van der Waals surface area contributed by atoms with Crippen LogP contribution in [0, 0.1) is 12.7 Å². The number of halogens is 1. The number of aromatic nitrogens is 3. The van der Waals surface area contributed by atoms with Gasteiger partial charge >= 0.3 is 0 Å². The highest BCUT2D eigenvalue weighted by atomic mass is 19.1. The fourth-order valence-corrected chi connectivity index (χ4v) is 2.67. The highest BCUT2D eigenvalue weighted by Crippen LogP contribution is 2.29. The molecule has 0 fully saturated rings. The first-order chi connectivity index (χ1) is 11.5. The Bertz CT molecular complexity index is 896. The molecule has 0 bridgehead atoms. The van der Waals surface area contributed by atoms with E-state index < -0.39 is 5.82 Å². The van der Waals surface area contributed by atoms with Crippen molar-refractivity contribution in [2.24, 2.45) is 0 Å². The number of benzene rings is 1. The maximum Gasteiger partial charge on any atom is 0.191 e. The molecule has 0 atom stereocenters. The number of ketones is 1. The molecule has 0 aliphatic rings. The minimum absolute atomic E-state index is 0.213. The summed E-state index contributed by atoms with van der Waals surface area (Å²) in [6.07, 6.45) is 4.23. The molecule has 0 radical (unpaired) electrons. The Hall–Kier alpha value is -2.76. The van der Waals surface area contributed by atoms with Gasteiger partial charge in [0.1, 0.15) is 17.3 Å². The second-order valence-electron chi connectivity index (χ2n) is 5.63. The van der Waals surface area contributed by atoms with Crippen LogP contribution >= 0.6 is 0 Å². The van der Waals surface area contributed by atoms with Crippen LogP contribution in [0.5, 0.6) is 0 Å². The molecule has 24 heavy (non-hydrogen) atoms. The van der Waals surface area contributed by atoms with E-state index in [0.717, 1.165) is 12.1 Å². The molecule has 0 saturated carbocycles. The van der Waals surface area contributed by atoms with Crippen LogP contribution < -0.4 is 0 Å². The van der Waals surface area contributed by atoms with Crippen LogP contribution in [0.3, 0.4) is 0 Å². The first-order valence-corrected chi connectivity index (χ1v) is 7.76. The Balaban J connectivity index is 2.05. The third-order valence-corrected chi connectivity index (χ3v) is 3.80. The van der Waals surface area contributed by atoms with Gasteiger partial charge in [0.05, 0.1) is 6.20 Å². The number of aryl methyl sites for hydroxylation is 2. The monoisotopic (exact) mass is 327 g/mol. The largest absolute Gasteiger partial charge is 0.445 e. The lowest BCUT2D eigenvalue weighted by molar-refractivity contribution is 0.101. The molecule has 5 nitrogen and oxygen atoms in total. The van der Waals surface area contributed by atoms with Gasteiger partial charge in [0.15, 0.2) is 11.7 Å². The second kappa shape index (κ2) is 6.39. The van der Waals surface area contributed by atoms with Gasteiger partial charge in [0, 0.05) is 37.2 Å². The molecular formula is C18H18FN3O2. The average Bonchev–Trinajstić information content (AvgIpc) is 3.14. The molecule has 2 heterocycles. The summed E-state index contributed by atoms with van der Waals surface area (Å²) in [6.45, 7) is 5.96. The Labute approximate surface area is 139 Å². The van der Waals surface area contributed by atoms with E-state index in [9.17, 15) is 9.18 Å². The van der Waals surface area contributed by atoms with Gasteiger partial charge in [-0.25, -0.2) is 9.37 Å². The quantitative estimate of drug-likeness (QED) is 0.669. The summed E-state index contributed by atoms with van der Waals surface area (Å²) < 4.78 is 21.1. The van der Waals surface area contributed by atoms with E-state index >= 15 is 0 Å². The third kappa shape index (κ3) is 3.13. The van der Waals surface area contributed by atoms with Crippen molar-refractivity contribution in [1.82, 2.24) is 14.8 Å². The van der Waals surface area contributed by atoms with E-state index in [1.807, 2.05) is 17.8 Å². The molecule has 0 amide bonds. The van der Waals surface area contributed by atoms with Gasteiger partial charge in [0.2, 0.25) is 0 Å². The van der Waals surface area contributed by atoms with Crippen molar-refractivity contribution >= 4 is 5.78 Å². The number of hydrogen-bond acceptors (Lipinski definition) is 4. The number of carbonyl (C=O) groups excluding carboxylic acids is 1. The summed E-state index contributed by atoms with van der Waals surface area (Å²) in [5.74, 6) is 0.476. The molecular weight excluding hydrogens is 309 g/mol. The zero-order valence-corrected chi connectivity index (χ0v) is 13.8. The zero-order chi connectivity index (χ0) is 17.3. The summed E-state index contributed by atoms with van der Waals surface area (Å²) in [4.78, 5) is 16.3. The Morgan fingerprint density at radius 3 is 2.83 bits per heavy atom. The maximum atomic E-state index is 13.5. The van der Waals surface area contributed by atoms with Crippen LogP contribution in [0.2, 0.25) is 0 Å². The minimum Gasteiger partial charge on any atom is -0.445 e. The third-order valence-electron chi connectivity index (χ3n) is 3.80.